The highest BCUT2D eigenvalue weighted by molar-refractivity contribution is 5.92. The van der Waals surface area contributed by atoms with Crippen LogP contribution in [0.4, 0.5) is 0 Å². The molecule has 0 atom stereocenters. The zero-order chi connectivity index (χ0) is 16.8. The maximum absolute atomic E-state index is 12.1. The molecule has 1 N–H and O–H groups in total. The number of hydrogen-bond acceptors (Lipinski definition) is 2. The van der Waals surface area contributed by atoms with Gasteiger partial charge in [-0.05, 0) is 50.8 Å². The zero-order valence-corrected chi connectivity index (χ0v) is 14.6. The van der Waals surface area contributed by atoms with E-state index in [9.17, 15) is 4.79 Å². The molecule has 1 amide bonds. The van der Waals surface area contributed by atoms with Crippen LogP contribution in [0, 0.1) is 13.8 Å². The average molecular weight is 312 g/mol. The lowest BCUT2D eigenvalue weighted by Crippen LogP contribution is -2.44. The summed E-state index contributed by atoms with van der Waals surface area (Å²) in [5, 5.41) is 3.12. The Morgan fingerprint density at radius 3 is 2.65 bits per heavy atom. The monoisotopic (exact) mass is 312 g/mol. The van der Waals surface area contributed by atoms with E-state index in [1.807, 2.05) is 6.08 Å². The molecule has 1 fully saturated rings. The number of nitrogens with one attached hydrogen (secondary N) is 1. The van der Waals surface area contributed by atoms with Gasteiger partial charge < -0.3 is 5.32 Å². The fraction of sp³-hybridized carbons (Fsp3) is 0.450. The minimum atomic E-state index is 0.00308. The van der Waals surface area contributed by atoms with Crippen LogP contribution in [0.3, 0.4) is 0 Å². The van der Waals surface area contributed by atoms with E-state index in [-0.39, 0.29) is 11.9 Å². The molecule has 1 aliphatic heterocycles. The lowest BCUT2D eigenvalue weighted by Gasteiger charge is -2.32. The van der Waals surface area contributed by atoms with Gasteiger partial charge in [0.15, 0.2) is 0 Å². The van der Waals surface area contributed by atoms with Crippen LogP contribution in [0.5, 0.6) is 0 Å². The molecule has 3 heteroatoms. The van der Waals surface area contributed by atoms with Crippen molar-refractivity contribution in [2.75, 3.05) is 19.6 Å². The van der Waals surface area contributed by atoms with E-state index in [1.165, 1.54) is 16.7 Å². The quantitative estimate of drug-likeness (QED) is 0.667. The molecule has 1 aromatic carbocycles. The molecule has 0 unspecified atom stereocenters. The maximum Gasteiger partial charge on any atom is 0.244 e. The third-order valence-electron chi connectivity index (χ3n) is 4.27. The van der Waals surface area contributed by atoms with Gasteiger partial charge in [-0.1, -0.05) is 35.9 Å². The van der Waals surface area contributed by atoms with Crippen molar-refractivity contribution in [2.24, 2.45) is 0 Å². The number of amides is 1. The van der Waals surface area contributed by atoms with Crippen LogP contribution in [0.25, 0.3) is 6.08 Å². The molecule has 0 bridgehead atoms. The molecule has 3 nitrogen and oxygen atoms in total. The summed E-state index contributed by atoms with van der Waals surface area (Å²) in [6.07, 6.45) is 5.57. The average Bonchev–Trinajstić information content (AvgIpc) is 2.48. The van der Waals surface area contributed by atoms with Crippen LogP contribution < -0.4 is 5.32 Å². The number of carbonyl (C=O) groups excluding carboxylic acids is 1. The van der Waals surface area contributed by atoms with Gasteiger partial charge in [-0.3, -0.25) is 9.69 Å². The van der Waals surface area contributed by atoms with E-state index in [0.717, 1.165) is 38.0 Å². The van der Waals surface area contributed by atoms with Gasteiger partial charge in [0, 0.05) is 31.8 Å². The van der Waals surface area contributed by atoms with E-state index in [4.69, 9.17) is 0 Å². The highest BCUT2D eigenvalue weighted by Crippen LogP contribution is 2.13. The fourth-order valence-corrected chi connectivity index (χ4v) is 3.04. The standard InChI is InChI=1S/C20H28N2O/c1-15(2)14-22-11-9-19(10-12-22)21-20(23)8-7-18-6-5-16(3)13-17(18)4/h5-8,13,19H,1,9-12,14H2,2-4H3,(H,21,23)/b8-7+. The fourth-order valence-electron chi connectivity index (χ4n) is 3.04. The third kappa shape index (κ3) is 5.68. The molecular weight excluding hydrogens is 284 g/mol. The van der Waals surface area contributed by atoms with Gasteiger partial charge >= 0.3 is 0 Å². The normalized spacial score (nSPS) is 16.7. The molecule has 23 heavy (non-hydrogen) atoms. The Bertz CT molecular complexity index is 596. The molecule has 0 spiro atoms. The summed E-state index contributed by atoms with van der Waals surface area (Å²) < 4.78 is 0. The predicted octanol–water partition coefficient (Wildman–Crippen LogP) is 3.47. The Balaban J connectivity index is 1.81. The molecule has 1 saturated heterocycles. The number of rotatable bonds is 5. The highest BCUT2D eigenvalue weighted by atomic mass is 16.1. The Morgan fingerprint density at radius 1 is 1.35 bits per heavy atom. The van der Waals surface area contributed by atoms with E-state index < -0.39 is 0 Å². The zero-order valence-electron chi connectivity index (χ0n) is 14.6. The number of carbonyl (C=O) groups is 1. The van der Waals surface area contributed by atoms with E-state index in [1.54, 1.807) is 6.08 Å². The third-order valence-corrected chi connectivity index (χ3v) is 4.27. The van der Waals surface area contributed by atoms with Gasteiger partial charge in [-0.2, -0.15) is 0 Å². The number of nitrogens with zero attached hydrogens (tertiary/aromatic N) is 1. The minimum Gasteiger partial charge on any atom is -0.350 e. The predicted molar refractivity (Wildman–Crippen MR) is 97.4 cm³/mol. The first-order valence-corrected chi connectivity index (χ1v) is 8.36. The first kappa shape index (κ1) is 17.5. The van der Waals surface area contributed by atoms with E-state index >= 15 is 0 Å². The molecular formula is C20H28N2O. The van der Waals surface area contributed by atoms with Crippen LogP contribution in [0.15, 0.2) is 36.4 Å². The van der Waals surface area contributed by atoms with Crippen molar-refractivity contribution in [3.8, 4) is 0 Å². The molecule has 1 aliphatic rings. The van der Waals surface area contributed by atoms with Gasteiger partial charge in [0.1, 0.15) is 0 Å². The molecule has 0 aliphatic carbocycles. The van der Waals surface area contributed by atoms with Gasteiger partial charge in [-0.25, -0.2) is 0 Å². The SMILES string of the molecule is C=C(C)CN1CCC(NC(=O)/C=C/c2ccc(C)cc2C)CC1. The summed E-state index contributed by atoms with van der Waals surface area (Å²) >= 11 is 0. The van der Waals surface area contributed by atoms with Gasteiger partial charge in [0.05, 0.1) is 0 Å². The summed E-state index contributed by atoms with van der Waals surface area (Å²) in [4.78, 5) is 14.5. The molecule has 124 valence electrons. The van der Waals surface area contributed by atoms with Crippen molar-refractivity contribution in [3.05, 3.63) is 53.1 Å². The van der Waals surface area contributed by atoms with Crippen molar-refractivity contribution < 1.29 is 4.79 Å². The highest BCUT2D eigenvalue weighted by Gasteiger charge is 2.19. The van der Waals surface area contributed by atoms with Gasteiger partial charge in [-0.15, -0.1) is 0 Å². The van der Waals surface area contributed by atoms with Crippen LogP contribution in [-0.4, -0.2) is 36.5 Å². The number of benzene rings is 1. The van der Waals surface area contributed by atoms with E-state index in [0.29, 0.717) is 0 Å². The molecule has 0 aromatic heterocycles. The van der Waals surface area contributed by atoms with E-state index in [2.05, 4.69) is 55.8 Å². The lowest BCUT2D eigenvalue weighted by molar-refractivity contribution is -0.117. The van der Waals surface area contributed by atoms with Crippen molar-refractivity contribution in [1.82, 2.24) is 10.2 Å². The van der Waals surface area contributed by atoms with Crippen molar-refractivity contribution in [2.45, 2.75) is 39.7 Å². The number of aryl methyl sites for hydroxylation is 2. The summed E-state index contributed by atoms with van der Waals surface area (Å²) in [7, 11) is 0. The molecule has 0 radical (unpaired) electrons. The summed E-state index contributed by atoms with van der Waals surface area (Å²) in [5.74, 6) is 0.00308. The molecule has 2 rings (SSSR count). The largest absolute Gasteiger partial charge is 0.350 e. The van der Waals surface area contributed by atoms with Crippen LogP contribution in [0.2, 0.25) is 0 Å². The summed E-state index contributed by atoms with van der Waals surface area (Å²) in [6, 6.07) is 6.55. The minimum absolute atomic E-state index is 0.00308. The second-order valence-electron chi connectivity index (χ2n) is 6.71. The van der Waals surface area contributed by atoms with Gasteiger partial charge in [0.2, 0.25) is 5.91 Å². The van der Waals surface area contributed by atoms with Crippen molar-refractivity contribution in [1.29, 1.82) is 0 Å². The number of piperidine rings is 1. The number of hydrogen-bond donors (Lipinski definition) is 1. The smallest absolute Gasteiger partial charge is 0.244 e. The Hall–Kier alpha value is -1.87. The summed E-state index contributed by atoms with van der Waals surface area (Å²) in [6.45, 7) is 13.2. The van der Waals surface area contributed by atoms with Crippen molar-refractivity contribution in [3.63, 3.8) is 0 Å². The van der Waals surface area contributed by atoms with Crippen LogP contribution in [-0.2, 0) is 4.79 Å². The molecule has 1 aromatic rings. The molecule has 1 heterocycles. The first-order chi connectivity index (χ1) is 10.9. The topological polar surface area (TPSA) is 32.3 Å². The molecule has 0 saturated carbocycles. The Kier molecular flexibility index (Phi) is 6.17. The second kappa shape index (κ2) is 8.11. The van der Waals surface area contributed by atoms with Gasteiger partial charge in [0.25, 0.3) is 0 Å². The van der Waals surface area contributed by atoms with Crippen molar-refractivity contribution >= 4 is 12.0 Å². The Morgan fingerprint density at radius 2 is 2.04 bits per heavy atom. The Labute approximate surface area is 140 Å². The maximum atomic E-state index is 12.1. The number of likely N-dealkylation sites (tertiary alicyclic amines) is 1. The van der Waals surface area contributed by atoms with Crippen LogP contribution >= 0.6 is 0 Å². The lowest BCUT2D eigenvalue weighted by atomic mass is 10.0. The second-order valence-corrected chi connectivity index (χ2v) is 6.71. The summed E-state index contributed by atoms with van der Waals surface area (Å²) in [5.41, 5.74) is 4.73. The first-order valence-electron chi connectivity index (χ1n) is 8.36. The van der Waals surface area contributed by atoms with Crippen LogP contribution in [0.1, 0.15) is 36.5 Å².